The van der Waals surface area contributed by atoms with Gasteiger partial charge in [-0.25, -0.2) is 4.39 Å². The summed E-state index contributed by atoms with van der Waals surface area (Å²) in [5.41, 5.74) is 0.337. The van der Waals surface area contributed by atoms with Crippen LogP contribution in [0.1, 0.15) is 16.8 Å². The van der Waals surface area contributed by atoms with Crippen LogP contribution in [0.25, 0.3) is 0 Å². The summed E-state index contributed by atoms with van der Waals surface area (Å²) in [5.74, 6) is -0.744. The maximum Gasteiger partial charge on any atom is 0.253 e. The molecular formula is C12H13FN2O2. The molecule has 1 rings (SSSR count). The van der Waals surface area contributed by atoms with Gasteiger partial charge in [-0.2, -0.15) is 5.26 Å². The lowest BCUT2D eigenvalue weighted by molar-refractivity contribution is 0.0797. The van der Waals surface area contributed by atoms with Crippen molar-refractivity contribution >= 4 is 5.91 Å². The molecule has 0 heterocycles. The monoisotopic (exact) mass is 236 g/mol. The first kappa shape index (κ1) is 13.0. The largest absolute Gasteiger partial charge is 0.494 e. The van der Waals surface area contributed by atoms with Crippen LogP contribution in [-0.2, 0) is 0 Å². The minimum atomic E-state index is -0.510. The zero-order valence-electron chi connectivity index (χ0n) is 9.74. The van der Waals surface area contributed by atoms with Crippen LogP contribution >= 0.6 is 0 Å². The third kappa shape index (κ3) is 3.18. The molecule has 4 nitrogen and oxygen atoms in total. The third-order valence-electron chi connectivity index (χ3n) is 2.30. The molecule has 0 radical (unpaired) electrons. The minimum Gasteiger partial charge on any atom is -0.494 e. The van der Waals surface area contributed by atoms with Gasteiger partial charge in [0.25, 0.3) is 5.91 Å². The van der Waals surface area contributed by atoms with Gasteiger partial charge in [-0.1, -0.05) is 0 Å². The molecule has 90 valence electrons. The average Bonchev–Trinajstić information content (AvgIpc) is 2.35. The number of hydrogen-bond donors (Lipinski definition) is 0. The fourth-order valence-electron chi connectivity index (χ4n) is 1.33. The van der Waals surface area contributed by atoms with E-state index < -0.39 is 5.82 Å². The number of rotatable bonds is 4. The molecule has 0 unspecified atom stereocenters. The highest BCUT2D eigenvalue weighted by molar-refractivity contribution is 5.94. The van der Waals surface area contributed by atoms with Crippen LogP contribution in [0, 0.1) is 17.1 Å². The first-order valence-electron chi connectivity index (χ1n) is 5.06. The number of amides is 1. The van der Waals surface area contributed by atoms with Crippen LogP contribution in [0.15, 0.2) is 18.2 Å². The number of nitrogens with zero attached hydrogens (tertiary/aromatic N) is 2. The van der Waals surface area contributed by atoms with Gasteiger partial charge in [-0.3, -0.25) is 4.79 Å². The first-order chi connectivity index (χ1) is 8.10. The number of halogens is 1. The van der Waals surface area contributed by atoms with Gasteiger partial charge in [-0.05, 0) is 18.2 Å². The second-order valence-corrected chi connectivity index (χ2v) is 3.48. The zero-order chi connectivity index (χ0) is 12.8. The Kier molecular flexibility index (Phi) is 4.46. The quantitative estimate of drug-likeness (QED) is 0.801. The SMILES string of the molecule is COc1cc(C(=O)N(C)CCC#N)ccc1F. The van der Waals surface area contributed by atoms with E-state index in [1.165, 1.54) is 30.2 Å². The second-order valence-electron chi connectivity index (χ2n) is 3.48. The van der Waals surface area contributed by atoms with Crippen LogP contribution < -0.4 is 4.74 Å². The number of benzene rings is 1. The Labute approximate surface area is 99.2 Å². The summed E-state index contributed by atoms with van der Waals surface area (Å²) in [6, 6.07) is 5.88. The van der Waals surface area contributed by atoms with Crippen LogP contribution in [0.4, 0.5) is 4.39 Å². The van der Waals surface area contributed by atoms with Crippen LogP contribution in [0.5, 0.6) is 5.75 Å². The second kappa shape index (κ2) is 5.85. The number of nitriles is 1. The maximum absolute atomic E-state index is 13.1. The Morgan fingerprint density at radius 2 is 2.29 bits per heavy atom. The number of carbonyl (C=O) groups excluding carboxylic acids is 1. The van der Waals surface area contributed by atoms with Gasteiger partial charge < -0.3 is 9.64 Å². The molecule has 0 aliphatic rings. The van der Waals surface area contributed by atoms with Gasteiger partial charge >= 0.3 is 0 Å². The van der Waals surface area contributed by atoms with Gasteiger partial charge in [0.1, 0.15) is 0 Å². The third-order valence-corrected chi connectivity index (χ3v) is 2.30. The molecule has 0 spiro atoms. The van der Waals surface area contributed by atoms with Crippen molar-refractivity contribution in [1.82, 2.24) is 4.90 Å². The molecule has 0 saturated heterocycles. The van der Waals surface area contributed by atoms with Gasteiger partial charge in [-0.15, -0.1) is 0 Å². The van der Waals surface area contributed by atoms with Crippen molar-refractivity contribution in [3.8, 4) is 11.8 Å². The van der Waals surface area contributed by atoms with Crippen molar-refractivity contribution in [3.05, 3.63) is 29.6 Å². The van der Waals surface area contributed by atoms with E-state index in [-0.39, 0.29) is 18.1 Å². The summed E-state index contributed by atoms with van der Waals surface area (Å²) in [6.07, 6.45) is 0.264. The summed E-state index contributed by atoms with van der Waals surface area (Å²) >= 11 is 0. The van der Waals surface area contributed by atoms with Crippen molar-refractivity contribution in [3.63, 3.8) is 0 Å². The highest BCUT2D eigenvalue weighted by Gasteiger charge is 2.13. The van der Waals surface area contributed by atoms with Crippen molar-refractivity contribution < 1.29 is 13.9 Å². The zero-order valence-corrected chi connectivity index (χ0v) is 9.74. The van der Waals surface area contributed by atoms with E-state index in [1.54, 1.807) is 7.05 Å². The molecule has 1 aromatic carbocycles. The molecule has 0 aromatic heterocycles. The average molecular weight is 236 g/mol. The predicted molar refractivity (Wildman–Crippen MR) is 60.1 cm³/mol. The number of methoxy groups -OCH3 is 1. The smallest absolute Gasteiger partial charge is 0.253 e. The topological polar surface area (TPSA) is 53.3 Å². The molecule has 0 N–H and O–H groups in total. The molecule has 1 aromatic rings. The van der Waals surface area contributed by atoms with E-state index in [4.69, 9.17) is 10.00 Å². The molecule has 0 aliphatic carbocycles. The summed E-state index contributed by atoms with van der Waals surface area (Å²) < 4.78 is 17.9. The summed E-state index contributed by atoms with van der Waals surface area (Å²) in [7, 11) is 2.93. The maximum atomic E-state index is 13.1. The predicted octanol–water partition coefficient (Wildman–Crippen LogP) is 1.82. The first-order valence-corrected chi connectivity index (χ1v) is 5.06. The Hall–Kier alpha value is -2.09. The lowest BCUT2D eigenvalue weighted by Gasteiger charge is -2.15. The van der Waals surface area contributed by atoms with Crippen LogP contribution in [0.2, 0.25) is 0 Å². The highest BCUT2D eigenvalue weighted by Crippen LogP contribution is 2.19. The van der Waals surface area contributed by atoms with Gasteiger partial charge in [0, 0.05) is 19.2 Å². The standard InChI is InChI=1S/C12H13FN2O2/c1-15(7-3-6-14)12(16)9-4-5-10(13)11(8-9)17-2/h4-5,8H,3,7H2,1-2H3. The van der Waals surface area contributed by atoms with E-state index in [2.05, 4.69) is 0 Å². The minimum absolute atomic E-state index is 0.0320. The Morgan fingerprint density at radius 3 is 2.88 bits per heavy atom. The van der Waals surface area contributed by atoms with Gasteiger partial charge in [0.2, 0.25) is 0 Å². The molecule has 0 fully saturated rings. The van der Waals surface area contributed by atoms with Crippen molar-refractivity contribution in [2.45, 2.75) is 6.42 Å². The molecule has 0 aliphatic heterocycles. The highest BCUT2D eigenvalue weighted by atomic mass is 19.1. The summed E-state index contributed by atoms with van der Waals surface area (Å²) in [4.78, 5) is 13.3. The van der Waals surface area contributed by atoms with Crippen molar-refractivity contribution in [1.29, 1.82) is 5.26 Å². The van der Waals surface area contributed by atoms with Gasteiger partial charge in [0.15, 0.2) is 11.6 Å². The van der Waals surface area contributed by atoms with Gasteiger partial charge in [0.05, 0.1) is 19.6 Å². The molecule has 1 amide bonds. The summed E-state index contributed by atoms with van der Waals surface area (Å²) in [6.45, 7) is 0.342. The molecule has 0 atom stereocenters. The number of ether oxygens (including phenoxy) is 1. The fraction of sp³-hybridized carbons (Fsp3) is 0.333. The molecule has 0 bridgehead atoms. The van der Waals surface area contributed by atoms with Crippen molar-refractivity contribution in [2.75, 3.05) is 20.7 Å². The fourth-order valence-corrected chi connectivity index (χ4v) is 1.33. The Bertz CT molecular complexity index is 454. The van der Waals surface area contributed by atoms with Crippen LogP contribution in [-0.4, -0.2) is 31.5 Å². The Morgan fingerprint density at radius 1 is 1.59 bits per heavy atom. The number of hydrogen-bond acceptors (Lipinski definition) is 3. The molecular weight excluding hydrogens is 223 g/mol. The lowest BCUT2D eigenvalue weighted by Crippen LogP contribution is -2.27. The molecule has 17 heavy (non-hydrogen) atoms. The van der Waals surface area contributed by atoms with Crippen molar-refractivity contribution in [2.24, 2.45) is 0 Å². The molecule has 5 heteroatoms. The lowest BCUT2D eigenvalue weighted by atomic mass is 10.2. The van der Waals surface area contributed by atoms with E-state index in [9.17, 15) is 9.18 Å². The normalized spacial score (nSPS) is 9.53. The van der Waals surface area contributed by atoms with E-state index in [1.807, 2.05) is 6.07 Å². The van der Waals surface area contributed by atoms with E-state index in [0.29, 0.717) is 12.1 Å². The van der Waals surface area contributed by atoms with Crippen LogP contribution in [0.3, 0.4) is 0 Å². The Balaban J connectivity index is 2.86. The number of carbonyl (C=O) groups is 1. The van der Waals surface area contributed by atoms with E-state index >= 15 is 0 Å². The molecule has 0 saturated carbocycles. The summed E-state index contributed by atoms with van der Waals surface area (Å²) in [5, 5.41) is 8.43. The van der Waals surface area contributed by atoms with E-state index in [0.717, 1.165) is 0 Å².